The van der Waals surface area contributed by atoms with Gasteiger partial charge in [-0.05, 0) is 119 Å². The maximum absolute atomic E-state index is 4.45. The summed E-state index contributed by atoms with van der Waals surface area (Å²) in [7, 11) is 0. The molecule has 2 aliphatic carbocycles. The third-order valence-electron chi connectivity index (χ3n) is 8.74. The van der Waals surface area contributed by atoms with E-state index in [0.29, 0.717) is 23.4 Å². The summed E-state index contributed by atoms with van der Waals surface area (Å²) in [6, 6.07) is 7.68. The minimum atomic E-state index is 0.320. The summed E-state index contributed by atoms with van der Waals surface area (Å²) in [6.45, 7) is 17.8. The molecule has 0 spiro atoms. The highest BCUT2D eigenvalue weighted by atomic mass is 32.2. The van der Waals surface area contributed by atoms with Crippen LogP contribution in [0, 0.1) is 11.8 Å². The van der Waals surface area contributed by atoms with Crippen LogP contribution in [-0.2, 0) is 0 Å². The van der Waals surface area contributed by atoms with Crippen LogP contribution in [-0.4, -0.2) is 35.2 Å². The Balaban J connectivity index is 0.00000176. The fourth-order valence-corrected chi connectivity index (χ4v) is 6.80. The molecule has 36 heavy (non-hydrogen) atoms. The van der Waals surface area contributed by atoms with E-state index in [-0.39, 0.29) is 0 Å². The lowest BCUT2D eigenvalue weighted by molar-refractivity contribution is 0.211. The quantitative estimate of drug-likeness (QED) is 0.365. The SMILES string of the molecule is C=C(NC1(C)CCC1)C1CCC(/C(C)=c2\cc(NC3CCN(SC)CC3)cc\c2=C\CC)CC1.CC. The van der Waals surface area contributed by atoms with Crippen LogP contribution in [0.25, 0.3) is 11.6 Å². The summed E-state index contributed by atoms with van der Waals surface area (Å²) >= 11 is 1.88. The highest BCUT2D eigenvalue weighted by molar-refractivity contribution is 7.96. The number of hydrogen-bond donors (Lipinski definition) is 2. The van der Waals surface area contributed by atoms with E-state index in [9.17, 15) is 0 Å². The van der Waals surface area contributed by atoms with E-state index in [0.717, 1.165) is 6.42 Å². The van der Waals surface area contributed by atoms with Gasteiger partial charge in [-0.25, -0.2) is 0 Å². The van der Waals surface area contributed by atoms with Gasteiger partial charge in [0, 0.05) is 36.1 Å². The highest BCUT2D eigenvalue weighted by Gasteiger charge is 2.34. The summed E-state index contributed by atoms with van der Waals surface area (Å²) < 4.78 is 2.48. The molecule has 1 saturated heterocycles. The molecule has 1 aromatic rings. The first kappa shape index (κ1) is 29.2. The van der Waals surface area contributed by atoms with Crippen LogP contribution in [0.4, 0.5) is 5.69 Å². The molecule has 4 heteroatoms. The van der Waals surface area contributed by atoms with Gasteiger partial charge < -0.3 is 10.6 Å². The zero-order valence-electron chi connectivity index (χ0n) is 24.1. The molecule has 3 aliphatic rings. The van der Waals surface area contributed by atoms with Crippen molar-refractivity contribution in [3.05, 3.63) is 40.9 Å². The third kappa shape index (κ3) is 7.57. The molecule has 1 aromatic carbocycles. The Morgan fingerprint density at radius 3 is 2.28 bits per heavy atom. The first-order chi connectivity index (χ1) is 17.4. The van der Waals surface area contributed by atoms with E-state index < -0.39 is 0 Å². The number of hydrogen-bond acceptors (Lipinski definition) is 4. The molecule has 2 saturated carbocycles. The van der Waals surface area contributed by atoms with Gasteiger partial charge in [0.15, 0.2) is 0 Å². The van der Waals surface area contributed by atoms with Gasteiger partial charge in [-0.1, -0.05) is 57.0 Å². The van der Waals surface area contributed by atoms with Gasteiger partial charge in [-0.3, -0.25) is 4.31 Å². The Morgan fingerprint density at radius 2 is 1.72 bits per heavy atom. The summed E-state index contributed by atoms with van der Waals surface area (Å²) in [4.78, 5) is 0. The number of nitrogens with zero attached hydrogens (tertiary/aromatic N) is 1. The van der Waals surface area contributed by atoms with E-state index in [1.165, 1.54) is 92.7 Å². The predicted octanol–water partition coefficient (Wildman–Crippen LogP) is 7.08. The average molecular weight is 512 g/mol. The second kappa shape index (κ2) is 14.0. The van der Waals surface area contributed by atoms with Crippen molar-refractivity contribution >= 4 is 29.3 Å². The Hall–Kier alpha value is -1.39. The van der Waals surface area contributed by atoms with E-state index >= 15 is 0 Å². The Labute approximate surface area is 226 Å². The zero-order chi connectivity index (χ0) is 26.1. The van der Waals surface area contributed by atoms with Gasteiger partial charge in [0.1, 0.15) is 0 Å². The highest BCUT2D eigenvalue weighted by Crippen LogP contribution is 2.38. The maximum Gasteiger partial charge on any atom is 0.0348 e. The molecule has 1 aliphatic heterocycles. The molecule has 3 nitrogen and oxygen atoms in total. The number of allylic oxidation sites excluding steroid dienone is 1. The van der Waals surface area contributed by atoms with Crippen molar-refractivity contribution in [3.63, 3.8) is 0 Å². The van der Waals surface area contributed by atoms with Crippen LogP contribution in [0.3, 0.4) is 0 Å². The molecule has 0 atom stereocenters. The molecular weight excluding hydrogens is 458 g/mol. The van der Waals surface area contributed by atoms with Crippen LogP contribution in [0.15, 0.2) is 30.5 Å². The molecule has 0 bridgehead atoms. The lowest BCUT2D eigenvalue weighted by Crippen LogP contribution is -2.48. The van der Waals surface area contributed by atoms with Gasteiger partial charge in [0.25, 0.3) is 0 Å². The topological polar surface area (TPSA) is 27.3 Å². The largest absolute Gasteiger partial charge is 0.383 e. The molecule has 2 N–H and O–H groups in total. The number of benzene rings is 1. The molecule has 0 aromatic heterocycles. The second-order valence-electron chi connectivity index (χ2n) is 11.2. The summed E-state index contributed by atoms with van der Waals surface area (Å²) in [6.07, 6.45) is 17.2. The van der Waals surface area contributed by atoms with E-state index in [4.69, 9.17) is 0 Å². The lowest BCUT2D eigenvalue weighted by atomic mass is 9.75. The van der Waals surface area contributed by atoms with Gasteiger partial charge in [0.2, 0.25) is 0 Å². The number of rotatable bonds is 8. The lowest BCUT2D eigenvalue weighted by Gasteiger charge is -2.43. The number of anilines is 1. The van der Waals surface area contributed by atoms with Crippen molar-refractivity contribution < 1.29 is 0 Å². The standard InChI is InChI=1S/C30H47N3S.C2H6/c1-6-8-26-13-14-28(31-27-15-19-33(34-5)20-16-27)21-29(26)22(2)24-9-11-25(12-10-24)23(3)32-30(4)17-7-18-30;1-2/h8,13-14,21,24-25,27,31-32H,3,6-7,9-12,15-20H2,1-2,4-5H3;1-2H3/b26-8-,29-22+;. The van der Waals surface area contributed by atoms with Crippen molar-refractivity contribution in [2.24, 2.45) is 11.8 Å². The number of piperidine rings is 1. The van der Waals surface area contributed by atoms with Crippen LogP contribution >= 0.6 is 11.9 Å². The average Bonchev–Trinajstić information content (AvgIpc) is 2.90. The van der Waals surface area contributed by atoms with Crippen LogP contribution in [0.5, 0.6) is 0 Å². The molecule has 202 valence electrons. The van der Waals surface area contributed by atoms with Gasteiger partial charge in [0.05, 0.1) is 0 Å². The summed E-state index contributed by atoms with van der Waals surface area (Å²) in [5, 5.41) is 10.5. The fourth-order valence-electron chi connectivity index (χ4n) is 6.22. The van der Waals surface area contributed by atoms with Crippen LogP contribution in [0.2, 0.25) is 0 Å². The van der Waals surface area contributed by atoms with Crippen molar-refractivity contribution in [2.45, 2.75) is 110 Å². The van der Waals surface area contributed by atoms with Crippen LogP contribution < -0.4 is 21.1 Å². The molecule has 3 fully saturated rings. The van der Waals surface area contributed by atoms with Crippen molar-refractivity contribution in [2.75, 3.05) is 24.7 Å². The second-order valence-corrected chi connectivity index (χ2v) is 12.1. The fraction of sp³-hybridized carbons (Fsp3) is 0.688. The van der Waals surface area contributed by atoms with Crippen molar-refractivity contribution in [3.8, 4) is 0 Å². The normalized spacial score (nSPS) is 25.8. The molecule has 0 unspecified atom stereocenters. The van der Waals surface area contributed by atoms with E-state index in [1.54, 1.807) is 5.57 Å². The van der Waals surface area contributed by atoms with E-state index in [1.807, 2.05) is 25.8 Å². The first-order valence-electron chi connectivity index (χ1n) is 14.7. The first-order valence-corrected chi connectivity index (χ1v) is 15.9. The van der Waals surface area contributed by atoms with Gasteiger partial charge in [-0.15, -0.1) is 0 Å². The molecule has 0 amide bonds. The van der Waals surface area contributed by atoms with Gasteiger partial charge in [-0.2, -0.15) is 0 Å². The molecule has 0 radical (unpaired) electrons. The number of nitrogens with one attached hydrogen (secondary N) is 2. The van der Waals surface area contributed by atoms with Gasteiger partial charge >= 0.3 is 0 Å². The molecular formula is C32H53N3S. The van der Waals surface area contributed by atoms with Crippen LogP contribution in [0.1, 0.15) is 98.8 Å². The molecule has 1 heterocycles. The van der Waals surface area contributed by atoms with Crippen molar-refractivity contribution in [1.29, 1.82) is 0 Å². The maximum atomic E-state index is 4.45. The Bertz CT molecular complexity index is 948. The third-order valence-corrected chi connectivity index (χ3v) is 9.62. The summed E-state index contributed by atoms with van der Waals surface area (Å²) in [5.41, 5.74) is 4.51. The monoisotopic (exact) mass is 511 g/mol. The van der Waals surface area contributed by atoms with E-state index in [2.05, 4.69) is 72.8 Å². The zero-order valence-corrected chi connectivity index (χ0v) is 24.9. The van der Waals surface area contributed by atoms with Crippen molar-refractivity contribution in [1.82, 2.24) is 9.62 Å². The smallest absolute Gasteiger partial charge is 0.0348 e. The molecule has 4 rings (SSSR count). The minimum Gasteiger partial charge on any atom is -0.383 e. The predicted molar refractivity (Wildman–Crippen MR) is 163 cm³/mol. The summed E-state index contributed by atoms with van der Waals surface area (Å²) in [5.74, 6) is 1.33. The Morgan fingerprint density at radius 1 is 1.08 bits per heavy atom. The minimum absolute atomic E-state index is 0.320. The Kier molecular flexibility index (Phi) is 11.3.